The topological polar surface area (TPSA) is 29.1 Å². The van der Waals surface area contributed by atoms with Crippen molar-refractivity contribution in [2.75, 3.05) is 12.4 Å². The van der Waals surface area contributed by atoms with Gasteiger partial charge in [0, 0.05) is 0 Å². The minimum atomic E-state index is -2.43. The molecular weight excluding hydrogens is 493 g/mol. The monoisotopic (exact) mass is 533 g/mol. The van der Waals surface area contributed by atoms with Crippen LogP contribution in [0.5, 0.6) is 0 Å². The van der Waals surface area contributed by atoms with E-state index in [0.717, 1.165) is 16.1 Å². The Balaban J connectivity index is 2.21. The van der Waals surface area contributed by atoms with Gasteiger partial charge in [0.2, 0.25) is 0 Å². The first-order valence-corrected chi connectivity index (χ1v) is 20.0. The molecule has 0 atom stereocenters. The number of benzene rings is 1. The number of nitrogens with one attached hydrogen (secondary N) is 1. The quantitative estimate of drug-likeness (QED) is 0.153. The van der Waals surface area contributed by atoms with E-state index in [-0.39, 0.29) is 5.78 Å². The number of unbranched alkanes of at least 4 members (excludes halogenated alkanes) is 3. The molecule has 0 aliphatic heterocycles. The molecule has 1 aromatic carbocycles. The van der Waals surface area contributed by atoms with Crippen LogP contribution in [-0.2, 0) is 0 Å². The minimum absolute atomic E-state index is 0.144. The van der Waals surface area contributed by atoms with Crippen molar-refractivity contribution >= 4 is 50.2 Å². The molecule has 164 valence electrons. The Morgan fingerprint density at radius 2 is 1.47 bits per heavy atom. The molecule has 2 aromatic rings. The Labute approximate surface area is 192 Å². The molecule has 1 heterocycles. The van der Waals surface area contributed by atoms with Crippen LogP contribution in [0.1, 0.15) is 74.5 Å². The van der Waals surface area contributed by atoms with Crippen LogP contribution >= 0.6 is 11.3 Å². The van der Waals surface area contributed by atoms with Gasteiger partial charge in [-0.15, -0.1) is 0 Å². The zero-order valence-corrected chi connectivity index (χ0v) is 23.0. The number of carbonyl (C=O) groups is 1. The number of thiophene rings is 1. The molecule has 0 bridgehead atoms. The summed E-state index contributed by atoms with van der Waals surface area (Å²) in [6, 6.07) is 12.6. The fraction of sp³-hybridized carbons (Fsp3) is 0.500. The summed E-state index contributed by atoms with van der Waals surface area (Å²) < 4.78 is 5.99. The SMILES string of the molecule is CCC[CH2][Sn]([CH2]CCC)([CH2]CCC)[c]1ccc(C(=O)C=Cc2ccc(NC)cc2)s1. The number of anilines is 1. The van der Waals surface area contributed by atoms with E-state index in [4.69, 9.17) is 0 Å². The van der Waals surface area contributed by atoms with Gasteiger partial charge in [0.05, 0.1) is 0 Å². The Kier molecular flexibility index (Phi) is 11.2. The van der Waals surface area contributed by atoms with Gasteiger partial charge in [0.1, 0.15) is 0 Å². The number of hydrogen-bond acceptors (Lipinski definition) is 3. The van der Waals surface area contributed by atoms with Gasteiger partial charge in [-0.2, -0.15) is 0 Å². The second kappa shape index (κ2) is 13.4. The molecule has 0 fully saturated rings. The van der Waals surface area contributed by atoms with Crippen molar-refractivity contribution in [2.45, 2.75) is 72.6 Å². The first-order valence-electron chi connectivity index (χ1n) is 11.7. The molecule has 0 aliphatic carbocycles. The molecule has 1 aromatic heterocycles. The van der Waals surface area contributed by atoms with Crippen LogP contribution in [-0.4, -0.2) is 31.2 Å². The molecule has 2 rings (SSSR count). The van der Waals surface area contributed by atoms with Crippen molar-refractivity contribution in [3.05, 3.63) is 52.9 Å². The number of ketones is 1. The van der Waals surface area contributed by atoms with Crippen LogP contribution in [0.15, 0.2) is 42.5 Å². The van der Waals surface area contributed by atoms with Crippen LogP contribution in [0.3, 0.4) is 0 Å². The molecule has 0 saturated carbocycles. The molecule has 0 radical (unpaired) electrons. The summed E-state index contributed by atoms with van der Waals surface area (Å²) in [5.41, 5.74) is 2.14. The summed E-state index contributed by atoms with van der Waals surface area (Å²) in [6.07, 6.45) is 11.6. The second-order valence-corrected chi connectivity index (χ2v) is 23.6. The summed E-state index contributed by atoms with van der Waals surface area (Å²) in [6.45, 7) is 6.94. The number of hydrogen-bond donors (Lipinski definition) is 1. The molecule has 4 heteroatoms. The van der Waals surface area contributed by atoms with Crippen LogP contribution in [0.25, 0.3) is 6.08 Å². The maximum absolute atomic E-state index is 12.9. The molecule has 0 aliphatic rings. The molecule has 2 nitrogen and oxygen atoms in total. The molecule has 0 unspecified atom stereocenters. The average Bonchev–Trinajstić information content (AvgIpc) is 3.28. The van der Waals surface area contributed by atoms with Gasteiger partial charge in [0.15, 0.2) is 0 Å². The zero-order valence-electron chi connectivity index (χ0n) is 19.3. The van der Waals surface area contributed by atoms with Gasteiger partial charge in [-0.25, -0.2) is 0 Å². The van der Waals surface area contributed by atoms with E-state index in [2.05, 4.69) is 38.2 Å². The van der Waals surface area contributed by atoms with E-state index >= 15 is 0 Å². The molecule has 0 amide bonds. The predicted octanol–water partition coefficient (Wildman–Crippen LogP) is 7.74. The summed E-state index contributed by atoms with van der Waals surface area (Å²) in [5, 5.41) is 3.12. The Bertz CT molecular complexity index is 772. The zero-order chi connectivity index (χ0) is 21.8. The Hall–Kier alpha value is -1.07. The normalized spacial score (nSPS) is 11.9. The van der Waals surface area contributed by atoms with Gasteiger partial charge in [-0.1, -0.05) is 0 Å². The second-order valence-electron chi connectivity index (χ2n) is 8.32. The van der Waals surface area contributed by atoms with E-state index in [1.165, 1.54) is 51.8 Å². The van der Waals surface area contributed by atoms with Crippen molar-refractivity contribution < 1.29 is 4.79 Å². The van der Waals surface area contributed by atoms with Crippen LogP contribution in [0.2, 0.25) is 13.3 Å². The predicted molar refractivity (Wildman–Crippen MR) is 138 cm³/mol. The number of allylic oxidation sites excluding steroid dienone is 1. The van der Waals surface area contributed by atoms with Crippen molar-refractivity contribution in [3.63, 3.8) is 0 Å². The van der Waals surface area contributed by atoms with E-state index in [9.17, 15) is 4.79 Å². The van der Waals surface area contributed by atoms with E-state index in [1.807, 2.05) is 48.7 Å². The maximum atomic E-state index is 12.9. The number of carbonyl (C=O) groups excluding carboxylic acids is 1. The summed E-state index contributed by atoms with van der Waals surface area (Å²) in [4.78, 5) is 13.8. The third-order valence-electron chi connectivity index (χ3n) is 6.02. The molecule has 0 saturated heterocycles. The van der Waals surface area contributed by atoms with Crippen molar-refractivity contribution in [2.24, 2.45) is 0 Å². The fourth-order valence-electron chi connectivity index (χ4n) is 4.06. The first kappa shape index (κ1) is 25.2. The molecular formula is C26H39NOSSn. The van der Waals surface area contributed by atoms with Crippen LogP contribution in [0, 0.1) is 0 Å². The van der Waals surface area contributed by atoms with Gasteiger partial charge in [0.25, 0.3) is 0 Å². The third-order valence-corrected chi connectivity index (χ3v) is 25.4. The van der Waals surface area contributed by atoms with Crippen LogP contribution < -0.4 is 8.21 Å². The van der Waals surface area contributed by atoms with Gasteiger partial charge in [-0.3, -0.25) is 0 Å². The van der Waals surface area contributed by atoms with Gasteiger partial charge >= 0.3 is 193 Å². The van der Waals surface area contributed by atoms with Crippen molar-refractivity contribution in [1.29, 1.82) is 0 Å². The number of rotatable bonds is 14. The first-order chi connectivity index (χ1) is 14.6. The van der Waals surface area contributed by atoms with E-state index < -0.39 is 18.4 Å². The van der Waals surface area contributed by atoms with Gasteiger partial charge < -0.3 is 0 Å². The summed E-state index contributed by atoms with van der Waals surface area (Å²) >= 11 is -0.605. The molecule has 30 heavy (non-hydrogen) atoms. The Morgan fingerprint density at radius 1 is 0.900 bits per heavy atom. The van der Waals surface area contributed by atoms with Gasteiger partial charge in [-0.05, 0) is 0 Å². The third kappa shape index (κ3) is 7.26. The standard InChI is InChI=1S/C14H12NOS.3C4H9.Sn/c1-15-12-7-4-11(5-8-12)6-9-13(16)14-3-2-10-17-14;3*1-3-4-2;/h2-9,15H,1H3;3*1,3-4H2,2H3;. The summed E-state index contributed by atoms with van der Waals surface area (Å²) in [5.74, 6) is 0.144. The molecule has 1 N–H and O–H groups in total. The average molecular weight is 532 g/mol. The summed E-state index contributed by atoms with van der Waals surface area (Å²) in [7, 11) is 1.91. The molecule has 0 spiro atoms. The van der Waals surface area contributed by atoms with E-state index in [0.29, 0.717) is 0 Å². The van der Waals surface area contributed by atoms with E-state index in [1.54, 1.807) is 8.97 Å². The van der Waals surface area contributed by atoms with Crippen LogP contribution in [0.4, 0.5) is 5.69 Å². The van der Waals surface area contributed by atoms with Crippen molar-refractivity contribution in [3.8, 4) is 0 Å². The van der Waals surface area contributed by atoms with Crippen molar-refractivity contribution in [1.82, 2.24) is 0 Å². The Morgan fingerprint density at radius 3 is 1.97 bits per heavy atom. The fourth-order valence-corrected chi connectivity index (χ4v) is 24.1.